The summed E-state index contributed by atoms with van der Waals surface area (Å²) in [7, 11) is -2.91. The summed E-state index contributed by atoms with van der Waals surface area (Å²) in [5.74, 6) is 0.203. The monoisotopic (exact) mass is 289 g/mol. The van der Waals surface area contributed by atoms with Gasteiger partial charge in [0.25, 0.3) is 0 Å². The van der Waals surface area contributed by atoms with Gasteiger partial charge in [0.05, 0.1) is 5.75 Å². The van der Waals surface area contributed by atoms with Crippen molar-refractivity contribution in [3.8, 4) is 0 Å². The molecule has 0 saturated carbocycles. The standard InChI is InChI=1S/C13H20ClNO2S/c1-3-15-12(8-9-18(2,16)17)10-11-6-4-5-7-13(11)14/h4-7,12,15H,3,8-10H2,1-2H3. The lowest BCUT2D eigenvalue weighted by atomic mass is 10.0. The van der Waals surface area contributed by atoms with E-state index in [9.17, 15) is 8.42 Å². The fourth-order valence-electron chi connectivity index (χ4n) is 1.85. The highest BCUT2D eigenvalue weighted by Gasteiger charge is 2.13. The van der Waals surface area contributed by atoms with E-state index in [2.05, 4.69) is 5.32 Å². The Labute approximate surface area is 114 Å². The molecule has 0 aromatic heterocycles. The Bertz CT molecular complexity index is 474. The summed E-state index contributed by atoms with van der Waals surface area (Å²) >= 11 is 6.11. The molecule has 102 valence electrons. The van der Waals surface area contributed by atoms with Crippen molar-refractivity contribution in [2.24, 2.45) is 0 Å². The van der Waals surface area contributed by atoms with E-state index in [0.29, 0.717) is 6.42 Å². The number of rotatable bonds is 7. The van der Waals surface area contributed by atoms with E-state index in [-0.39, 0.29) is 11.8 Å². The molecule has 1 aromatic rings. The van der Waals surface area contributed by atoms with E-state index in [1.54, 1.807) is 0 Å². The first kappa shape index (κ1) is 15.5. The summed E-state index contributed by atoms with van der Waals surface area (Å²) in [6, 6.07) is 7.82. The fourth-order valence-corrected chi connectivity index (χ4v) is 2.78. The van der Waals surface area contributed by atoms with Crippen LogP contribution < -0.4 is 5.32 Å². The number of benzene rings is 1. The molecule has 0 spiro atoms. The molecule has 1 aromatic carbocycles. The molecule has 0 radical (unpaired) electrons. The van der Waals surface area contributed by atoms with Crippen LogP contribution in [-0.4, -0.2) is 33.0 Å². The second-order valence-electron chi connectivity index (χ2n) is 4.47. The lowest BCUT2D eigenvalue weighted by molar-refractivity contribution is 0.506. The molecule has 0 amide bonds. The van der Waals surface area contributed by atoms with Crippen molar-refractivity contribution >= 4 is 21.4 Å². The lowest BCUT2D eigenvalue weighted by Gasteiger charge is -2.18. The van der Waals surface area contributed by atoms with E-state index in [4.69, 9.17) is 11.6 Å². The SMILES string of the molecule is CCNC(CCS(C)(=O)=O)Cc1ccccc1Cl. The third-order valence-electron chi connectivity index (χ3n) is 2.75. The quantitative estimate of drug-likeness (QED) is 0.838. The fraction of sp³-hybridized carbons (Fsp3) is 0.538. The molecule has 0 heterocycles. The van der Waals surface area contributed by atoms with Crippen molar-refractivity contribution in [2.45, 2.75) is 25.8 Å². The second kappa shape index (κ2) is 7.12. The van der Waals surface area contributed by atoms with Crippen LogP contribution in [0.5, 0.6) is 0 Å². The molecular formula is C13H20ClNO2S. The van der Waals surface area contributed by atoms with Crippen molar-refractivity contribution in [2.75, 3.05) is 18.6 Å². The maximum atomic E-state index is 11.2. The maximum Gasteiger partial charge on any atom is 0.147 e. The first-order chi connectivity index (χ1) is 8.42. The Morgan fingerprint density at radius 2 is 2.00 bits per heavy atom. The van der Waals surface area contributed by atoms with Gasteiger partial charge in [-0.15, -0.1) is 0 Å². The lowest BCUT2D eigenvalue weighted by Crippen LogP contribution is -2.33. The number of sulfone groups is 1. The van der Waals surface area contributed by atoms with Crippen LogP contribution in [0, 0.1) is 0 Å². The van der Waals surface area contributed by atoms with Crippen LogP contribution in [0.15, 0.2) is 24.3 Å². The molecule has 0 fully saturated rings. The highest BCUT2D eigenvalue weighted by Crippen LogP contribution is 2.17. The topological polar surface area (TPSA) is 46.2 Å². The molecule has 0 aliphatic heterocycles. The van der Waals surface area contributed by atoms with Crippen LogP contribution in [-0.2, 0) is 16.3 Å². The Morgan fingerprint density at radius 1 is 1.33 bits per heavy atom. The number of hydrogen-bond acceptors (Lipinski definition) is 3. The molecular weight excluding hydrogens is 270 g/mol. The van der Waals surface area contributed by atoms with E-state index in [0.717, 1.165) is 23.6 Å². The zero-order valence-corrected chi connectivity index (χ0v) is 12.4. The van der Waals surface area contributed by atoms with Crippen LogP contribution in [0.2, 0.25) is 5.02 Å². The van der Waals surface area contributed by atoms with Crippen molar-refractivity contribution < 1.29 is 8.42 Å². The van der Waals surface area contributed by atoms with Crippen LogP contribution in [0.4, 0.5) is 0 Å². The Hall–Kier alpha value is -0.580. The van der Waals surface area contributed by atoms with E-state index in [1.165, 1.54) is 6.26 Å². The first-order valence-electron chi connectivity index (χ1n) is 6.07. The van der Waals surface area contributed by atoms with Crippen molar-refractivity contribution in [1.82, 2.24) is 5.32 Å². The Balaban J connectivity index is 2.66. The molecule has 1 N–H and O–H groups in total. The predicted molar refractivity (Wildman–Crippen MR) is 76.9 cm³/mol. The maximum absolute atomic E-state index is 11.2. The summed E-state index contributed by atoms with van der Waals surface area (Å²) in [6.45, 7) is 2.83. The largest absolute Gasteiger partial charge is 0.314 e. The molecule has 1 rings (SSSR count). The van der Waals surface area contributed by atoms with Crippen molar-refractivity contribution in [3.05, 3.63) is 34.9 Å². The third kappa shape index (κ3) is 5.85. The second-order valence-corrected chi connectivity index (χ2v) is 7.14. The minimum Gasteiger partial charge on any atom is -0.314 e. The zero-order valence-electron chi connectivity index (χ0n) is 10.8. The zero-order chi connectivity index (χ0) is 13.6. The summed E-state index contributed by atoms with van der Waals surface area (Å²) in [4.78, 5) is 0. The van der Waals surface area contributed by atoms with Gasteiger partial charge >= 0.3 is 0 Å². The molecule has 0 bridgehead atoms. The number of likely N-dealkylation sites (N-methyl/N-ethyl adjacent to an activating group) is 1. The molecule has 1 unspecified atom stereocenters. The van der Waals surface area contributed by atoms with Gasteiger partial charge < -0.3 is 5.32 Å². The molecule has 1 atom stereocenters. The third-order valence-corrected chi connectivity index (χ3v) is 4.10. The van der Waals surface area contributed by atoms with Gasteiger partial charge in [0.15, 0.2) is 0 Å². The highest BCUT2D eigenvalue weighted by molar-refractivity contribution is 7.90. The average molecular weight is 290 g/mol. The van der Waals surface area contributed by atoms with E-state index in [1.807, 2.05) is 31.2 Å². The highest BCUT2D eigenvalue weighted by atomic mass is 35.5. The van der Waals surface area contributed by atoms with Crippen LogP contribution in [0.25, 0.3) is 0 Å². The molecule has 0 aliphatic rings. The van der Waals surface area contributed by atoms with Gasteiger partial charge in [-0.05, 0) is 31.0 Å². The van der Waals surface area contributed by atoms with Gasteiger partial charge in [-0.3, -0.25) is 0 Å². The Morgan fingerprint density at radius 3 is 2.56 bits per heavy atom. The van der Waals surface area contributed by atoms with Gasteiger partial charge in [-0.25, -0.2) is 8.42 Å². The van der Waals surface area contributed by atoms with E-state index < -0.39 is 9.84 Å². The van der Waals surface area contributed by atoms with Crippen LogP contribution >= 0.6 is 11.6 Å². The molecule has 3 nitrogen and oxygen atoms in total. The Kier molecular flexibility index (Phi) is 6.12. The molecule has 0 saturated heterocycles. The summed E-state index contributed by atoms with van der Waals surface area (Å²) in [5.41, 5.74) is 1.05. The smallest absolute Gasteiger partial charge is 0.147 e. The van der Waals surface area contributed by atoms with E-state index >= 15 is 0 Å². The van der Waals surface area contributed by atoms with Gasteiger partial charge in [0.1, 0.15) is 9.84 Å². The molecule has 5 heteroatoms. The number of halogens is 1. The summed E-state index contributed by atoms with van der Waals surface area (Å²) < 4.78 is 22.4. The minimum atomic E-state index is -2.91. The summed E-state index contributed by atoms with van der Waals surface area (Å²) in [6.07, 6.45) is 2.63. The van der Waals surface area contributed by atoms with Crippen molar-refractivity contribution in [1.29, 1.82) is 0 Å². The number of hydrogen-bond donors (Lipinski definition) is 1. The predicted octanol–water partition coefficient (Wildman–Crippen LogP) is 2.30. The minimum absolute atomic E-state index is 0.143. The normalized spacial score (nSPS) is 13.5. The number of nitrogens with one attached hydrogen (secondary N) is 1. The van der Waals surface area contributed by atoms with Gasteiger partial charge in [-0.2, -0.15) is 0 Å². The van der Waals surface area contributed by atoms with Crippen LogP contribution in [0.3, 0.4) is 0 Å². The average Bonchev–Trinajstić information content (AvgIpc) is 2.28. The first-order valence-corrected chi connectivity index (χ1v) is 8.50. The summed E-state index contributed by atoms with van der Waals surface area (Å²) in [5, 5.41) is 4.04. The van der Waals surface area contributed by atoms with Gasteiger partial charge in [-0.1, -0.05) is 36.7 Å². The van der Waals surface area contributed by atoms with Gasteiger partial charge in [0, 0.05) is 17.3 Å². The van der Waals surface area contributed by atoms with Gasteiger partial charge in [0.2, 0.25) is 0 Å². The van der Waals surface area contributed by atoms with Crippen LogP contribution in [0.1, 0.15) is 18.9 Å². The van der Waals surface area contributed by atoms with Crippen molar-refractivity contribution in [3.63, 3.8) is 0 Å². The molecule has 0 aliphatic carbocycles. The molecule has 18 heavy (non-hydrogen) atoms.